The minimum absolute atomic E-state index is 0.141. The molecular weight excluding hydrogens is 434 g/mol. The highest BCUT2D eigenvalue weighted by molar-refractivity contribution is 6.01. The molecule has 3 heterocycles. The molecule has 2 aliphatic rings. The first-order chi connectivity index (χ1) is 16.9. The molecule has 0 aliphatic heterocycles. The van der Waals surface area contributed by atoms with E-state index >= 15 is 0 Å². The van der Waals surface area contributed by atoms with Gasteiger partial charge in [-0.3, -0.25) is 4.99 Å². The minimum atomic E-state index is -0.141. The Morgan fingerprint density at radius 2 is 2.14 bits per heavy atom. The summed E-state index contributed by atoms with van der Waals surface area (Å²) in [7, 11) is 0. The van der Waals surface area contributed by atoms with Crippen molar-refractivity contribution < 1.29 is 0 Å². The van der Waals surface area contributed by atoms with Crippen molar-refractivity contribution in [2.24, 2.45) is 28.0 Å². The van der Waals surface area contributed by atoms with Crippen molar-refractivity contribution in [3.8, 4) is 6.07 Å². The molecule has 0 amide bonds. The second kappa shape index (κ2) is 9.49. The Balaban J connectivity index is 1.50. The average molecular weight is 472 g/mol. The summed E-state index contributed by atoms with van der Waals surface area (Å²) in [6.07, 6.45) is 12.9. The number of imidazole rings is 1. The van der Waals surface area contributed by atoms with Crippen molar-refractivity contribution in [2.45, 2.75) is 84.2 Å². The summed E-state index contributed by atoms with van der Waals surface area (Å²) in [5.74, 6) is 2.80. The van der Waals surface area contributed by atoms with Gasteiger partial charge < -0.3 is 15.3 Å². The third kappa shape index (κ3) is 4.47. The molecule has 3 aromatic heterocycles. The molecule has 0 saturated heterocycles. The quantitative estimate of drug-likeness (QED) is 0.254. The number of fused-ring (bicyclic) bond motifs is 3. The highest BCUT2D eigenvalue weighted by Gasteiger charge is 2.36. The van der Waals surface area contributed by atoms with E-state index in [9.17, 15) is 0 Å². The third-order valence-electron chi connectivity index (χ3n) is 8.41. The number of nitrogens with zero attached hydrogens (tertiary/aromatic N) is 5. The summed E-state index contributed by atoms with van der Waals surface area (Å²) in [6, 6.07) is 4.79. The van der Waals surface area contributed by atoms with Crippen LogP contribution in [-0.4, -0.2) is 25.4 Å². The number of nitriles is 1. The molecule has 2 atom stereocenters. The van der Waals surface area contributed by atoms with Gasteiger partial charge in [-0.15, -0.1) is 0 Å². The summed E-state index contributed by atoms with van der Waals surface area (Å²) < 4.78 is 2.41. The molecule has 2 unspecified atom stereocenters. The third-order valence-corrected chi connectivity index (χ3v) is 8.41. The lowest BCUT2D eigenvalue weighted by atomic mass is 9.68. The molecule has 2 fully saturated rings. The Morgan fingerprint density at radius 1 is 1.34 bits per heavy atom. The minimum Gasteiger partial charge on any atom is -0.387 e. The largest absolute Gasteiger partial charge is 0.387 e. The van der Waals surface area contributed by atoms with E-state index in [4.69, 9.17) is 21.0 Å². The molecule has 3 N–H and O–H groups in total. The van der Waals surface area contributed by atoms with Gasteiger partial charge in [-0.05, 0) is 62.8 Å². The molecule has 3 aromatic rings. The van der Waals surface area contributed by atoms with E-state index in [0.717, 1.165) is 85.1 Å². The van der Waals surface area contributed by atoms with Crippen molar-refractivity contribution in [3.05, 3.63) is 36.4 Å². The van der Waals surface area contributed by atoms with Crippen LogP contribution in [0, 0.1) is 28.6 Å². The molecule has 0 aromatic carbocycles. The number of hydrogen-bond acceptors (Lipinski definition) is 4. The van der Waals surface area contributed by atoms with Gasteiger partial charge in [0.25, 0.3) is 0 Å². The van der Waals surface area contributed by atoms with Crippen molar-refractivity contribution in [3.63, 3.8) is 0 Å². The van der Waals surface area contributed by atoms with Gasteiger partial charge in [0.1, 0.15) is 22.8 Å². The van der Waals surface area contributed by atoms with Crippen LogP contribution in [0.5, 0.6) is 0 Å². The second-order valence-electron chi connectivity index (χ2n) is 11.0. The van der Waals surface area contributed by atoms with Crippen LogP contribution in [0.2, 0.25) is 0 Å². The second-order valence-corrected chi connectivity index (χ2v) is 11.0. The Hall–Kier alpha value is -3.14. The molecule has 0 bridgehead atoms. The molecule has 2 aliphatic carbocycles. The monoisotopic (exact) mass is 471 g/mol. The summed E-state index contributed by atoms with van der Waals surface area (Å²) in [5, 5.41) is 10.2. The number of H-pyrrole nitrogens is 1. The molecule has 0 radical (unpaired) electrons. The Kier molecular flexibility index (Phi) is 6.39. The van der Waals surface area contributed by atoms with E-state index < -0.39 is 0 Å². The SMILES string of the molecule is C=C1CC(CC)CC(C)(C(N)=NCc2nc3cnc4[nH]ccc4c3n2C2CCC(CC#N)CC2)C1. The molecule has 2 saturated carbocycles. The lowest BCUT2D eigenvalue weighted by molar-refractivity contribution is 0.271. The summed E-state index contributed by atoms with van der Waals surface area (Å²) in [4.78, 5) is 17.8. The van der Waals surface area contributed by atoms with Crippen LogP contribution in [0.15, 0.2) is 35.6 Å². The predicted molar refractivity (Wildman–Crippen MR) is 141 cm³/mol. The first-order valence-electron chi connectivity index (χ1n) is 13.1. The van der Waals surface area contributed by atoms with Gasteiger partial charge >= 0.3 is 0 Å². The Labute approximate surface area is 207 Å². The fourth-order valence-electron chi connectivity index (χ4n) is 6.53. The molecule has 35 heavy (non-hydrogen) atoms. The van der Waals surface area contributed by atoms with Crippen molar-refractivity contribution in [2.75, 3.05) is 0 Å². The lowest BCUT2D eigenvalue weighted by Gasteiger charge is -2.38. The predicted octanol–water partition coefficient (Wildman–Crippen LogP) is 6.19. The number of allylic oxidation sites excluding steroid dienone is 1. The number of nitrogens with one attached hydrogen (secondary N) is 1. The first-order valence-corrected chi connectivity index (χ1v) is 13.1. The van der Waals surface area contributed by atoms with E-state index in [1.807, 2.05) is 12.4 Å². The standard InChI is InChI=1S/C28H37N7/c1-4-19-13-18(2)14-28(3,15-19)27(30)33-17-24-34-23-16-32-26-22(10-12-31-26)25(23)35(24)21-7-5-20(6-8-21)9-11-29/h10,12,16,19-21H,2,4-9,13-15,17H2,1,3H3,(H2,30,33)(H,31,32). The number of nitrogens with two attached hydrogens (primary N) is 1. The van der Waals surface area contributed by atoms with Crippen LogP contribution in [0.1, 0.15) is 83.5 Å². The molecule has 184 valence electrons. The van der Waals surface area contributed by atoms with Gasteiger partial charge in [0.15, 0.2) is 0 Å². The van der Waals surface area contributed by atoms with Gasteiger partial charge in [0.05, 0.1) is 24.3 Å². The highest BCUT2D eigenvalue weighted by atomic mass is 15.1. The molecule has 7 heteroatoms. The summed E-state index contributed by atoms with van der Waals surface area (Å²) >= 11 is 0. The van der Waals surface area contributed by atoms with Crippen molar-refractivity contribution in [1.29, 1.82) is 5.26 Å². The summed E-state index contributed by atoms with van der Waals surface area (Å²) in [6.45, 7) is 9.25. The van der Waals surface area contributed by atoms with E-state index in [2.05, 4.69) is 47.1 Å². The van der Waals surface area contributed by atoms with Crippen LogP contribution in [0.25, 0.3) is 22.1 Å². The van der Waals surface area contributed by atoms with Crippen molar-refractivity contribution in [1.82, 2.24) is 19.5 Å². The van der Waals surface area contributed by atoms with Crippen LogP contribution in [0.4, 0.5) is 0 Å². The average Bonchev–Trinajstić information content (AvgIpc) is 3.46. The number of amidine groups is 1. The van der Waals surface area contributed by atoms with Crippen molar-refractivity contribution >= 4 is 27.9 Å². The number of aliphatic imine (C=N–C) groups is 1. The Morgan fingerprint density at radius 3 is 2.89 bits per heavy atom. The van der Waals surface area contributed by atoms with Crippen LogP contribution in [0.3, 0.4) is 0 Å². The summed E-state index contributed by atoms with van der Waals surface area (Å²) in [5.41, 5.74) is 10.7. The zero-order valence-electron chi connectivity index (χ0n) is 21.1. The van der Waals surface area contributed by atoms with Crippen LogP contribution >= 0.6 is 0 Å². The normalized spacial score (nSPS) is 28.0. The number of aromatic nitrogens is 4. The van der Waals surface area contributed by atoms with Crippen LogP contribution < -0.4 is 5.73 Å². The van der Waals surface area contributed by atoms with E-state index in [1.165, 1.54) is 5.57 Å². The lowest BCUT2D eigenvalue weighted by Crippen LogP contribution is -2.39. The maximum Gasteiger partial charge on any atom is 0.139 e. The van der Waals surface area contributed by atoms with Gasteiger partial charge in [0.2, 0.25) is 0 Å². The fraction of sp³-hybridized carbons (Fsp3) is 0.571. The van der Waals surface area contributed by atoms with Gasteiger partial charge in [-0.25, -0.2) is 9.97 Å². The topological polar surface area (TPSA) is 109 Å². The maximum atomic E-state index is 9.14. The zero-order valence-corrected chi connectivity index (χ0v) is 21.1. The number of pyridine rings is 1. The van der Waals surface area contributed by atoms with Gasteiger partial charge in [-0.2, -0.15) is 5.26 Å². The molecule has 5 rings (SSSR count). The molecule has 7 nitrogen and oxygen atoms in total. The highest BCUT2D eigenvalue weighted by Crippen LogP contribution is 2.43. The first kappa shape index (κ1) is 23.6. The Bertz CT molecular complexity index is 1300. The van der Waals surface area contributed by atoms with E-state index in [0.29, 0.717) is 30.8 Å². The molecular formula is C28H37N7. The number of hydrogen-bond donors (Lipinski definition) is 2. The van der Waals surface area contributed by atoms with Crippen LogP contribution in [-0.2, 0) is 6.54 Å². The van der Waals surface area contributed by atoms with E-state index in [1.54, 1.807) is 0 Å². The molecule has 0 spiro atoms. The smallest absolute Gasteiger partial charge is 0.139 e. The van der Waals surface area contributed by atoms with Gasteiger partial charge in [0, 0.05) is 29.5 Å². The number of aromatic amines is 1. The van der Waals surface area contributed by atoms with E-state index in [-0.39, 0.29) is 5.41 Å². The number of rotatable bonds is 6. The zero-order chi connectivity index (χ0) is 24.6. The maximum absolute atomic E-state index is 9.14. The van der Waals surface area contributed by atoms with Gasteiger partial charge in [-0.1, -0.05) is 32.4 Å². The fourth-order valence-corrected chi connectivity index (χ4v) is 6.53.